The molecule has 0 radical (unpaired) electrons. The average Bonchev–Trinajstić information content (AvgIpc) is 2.79. The summed E-state index contributed by atoms with van der Waals surface area (Å²) in [5.74, 6) is -0.554. The van der Waals surface area contributed by atoms with Crippen LogP contribution in [0.3, 0.4) is 0 Å². The molecule has 0 aromatic heterocycles. The fraction of sp³-hybridized carbons (Fsp3) is 0.125. The molecule has 0 aliphatic rings. The Hall–Kier alpha value is -4.33. The Kier molecular flexibility index (Phi) is 7.42. The molecule has 0 aliphatic heterocycles. The van der Waals surface area contributed by atoms with Crippen molar-refractivity contribution >= 4 is 29.2 Å². The number of rotatable bonds is 8. The number of nitrogens with two attached hydrogens (primary N) is 1. The van der Waals surface area contributed by atoms with E-state index < -0.39 is 12.1 Å². The molecule has 0 heterocycles. The molecule has 8 heteroatoms. The fourth-order valence-electron chi connectivity index (χ4n) is 2.95. The maximum absolute atomic E-state index is 12.5. The lowest BCUT2D eigenvalue weighted by atomic mass is 10.1. The summed E-state index contributed by atoms with van der Waals surface area (Å²) in [6, 6.07) is 22.4. The molecule has 1 amide bonds. The maximum atomic E-state index is 12.5. The molecule has 0 saturated carbocycles. The zero-order valence-electron chi connectivity index (χ0n) is 17.5. The van der Waals surface area contributed by atoms with Gasteiger partial charge in [-0.1, -0.05) is 36.4 Å². The number of guanidine groups is 1. The molecular weight excluding hydrogens is 408 g/mol. The van der Waals surface area contributed by atoms with Crippen molar-refractivity contribution in [2.75, 3.05) is 17.2 Å². The third kappa shape index (κ3) is 6.09. The summed E-state index contributed by atoms with van der Waals surface area (Å²) in [6.07, 6.45) is -0.895. The maximum Gasteiger partial charge on any atom is 0.352 e. The highest BCUT2D eigenvalue weighted by Crippen LogP contribution is 2.25. The van der Waals surface area contributed by atoms with Crippen LogP contribution < -0.4 is 21.1 Å². The molecule has 0 aliphatic carbocycles. The molecule has 1 unspecified atom stereocenters. The first-order valence-corrected chi connectivity index (χ1v) is 9.97. The van der Waals surface area contributed by atoms with Crippen LogP contribution in [0.4, 0.5) is 11.4 Å². The van der Waals surface area contributed by atoms with Crippen LogP contribution >= 0.6 is 0 Å². The zero-order chi connectivity index (χ0) is 22.9. The van der Waals surface area contributed by atoms with Gasteiger partial charge < -0.3 is 25.8 Å². The number of carbonyl (C=O) groups excluding carboxylic acids is 2. The van der Waals surface area contributed by atoms with Gasteiger partial charge in [-0.3, -0.25) is 10.2 Å². The highest BCUT2D eigenvalue weighted by Gasteiger charge is 2.24. The van der Waals surface area contributed by atoms with Crippen molar-refractivity contribution in [2.45, 2.75) is 13.0 Å². The van der Waals surface area contributed by atoms with E-state index in [2.05, 4.69) is 10.6 Å². The number of carbonyl (C=O) groups is 2. The molecule has 0 saturated heterocycles. The van der Waals surface area contributed by atoms with Crippen molar-refractivity contribution < 1.29 is 19.1 Å². The van der Waals surface area contributed by atoms with E-state index in [9.17, 15) is 9.59 Å². The van der Waals surface area contributed by atoms with Gasteiger partial charge in [0.1, 0.15) is 5.75 Å². The van der Waals surface area contributed by atoms with Gasteiger partial charge in [-0.05, 0) is 49.4 Å². The number of hydrogen-bond acceptors (Lipinski definition) is 5. The van der Waals surface area contributed by atoms with Gasteiger partial charge in [0.15, 0.2) is 5.96 Å². The van der Waals surface area contributed by atoms with E-state index in [1.54, 1.807) is 67.6 Å². The van der Waals surface area contributed by atoms with E-state index in [1.807, 2.05) is 18.2 Å². The summed E-state index contributed by atoms with van der Waals surface area (Å²) >= 11 is 0. The van der Waals surface area contributed by atoms with Crippen LogP contribution in [0.5, 0.6) is 5.75 Å². The Bertz CT molecular complexity index is 1080. The number of anilines is 2. The number of benzene rings is 3. The molecule has 0 fully saturated rings. The van der Waals surface area contributed by atoms with Crippen LogP contribution in [-0.4, -0.2) is 24.4 Å². The Morgan fingerprint density at radius 1 is 0.938 bits per heavy atom. The van der Waals surface area contributed by atoms with Crippen molar-refractivity contribution in [3.05, 3.63) is 90.0 Å². The van der Waals surface area contributed by atoms with Gasteiger partial charge in [-0.15, -0.1) is 0 Å². The van der Waals surface area contributed by atoms with E-state index >= 15 is 0 Å². The van der Waals surface area contributed by atoms with Crippen molar-refractivity contribution in [3.8, 4) is 5.75 Å². The van der Waals surface area contributed by atoms with E-state index in [0.717, 1.165) is 0 Å². The molecule has 0 bridgehead atoms. The smallest absolute Gasteiger partial charge is 0.352 e. The van der Waals surface area contributed by atoms with Crippen molar-refractivity contribution in [1.82, 2.24) is 0 Å². The van der Waals surface area contributed by atoms with Gasteiger partial charge in [0.2, 0.25) is 6.10 Å². The molecule has 0 spiro atoms. The van der Waals surface area contributed by atoms with Crippen molar-refractivity contribution in [3.63, 3.8) is 0 Å². The Balaban J connectivity index is 1.69. The van der Waals surface area contributed by atoms with Gasteiger partial charge in [0.25, 0.3) is 5.91 Å². The largest absolute Gasteiger partial charge is 0.474 e. The first kappa shape index (κ1) is 22.4. The summed E-state index contributed by atoms with van der Waals surface area (Å²) in [7, 11) is 0. The molecule has 3 aromatic carbocycles. The number of hydrogen-bond donors (Lipinski definition) is 4. The molecule has 1 atom stereocenters. The highest BCUT2D eigenvalue weighted by atomic mass is 16.6. The predicted octanol–water partition coefficient (Wildman–Crippen LogP) is 3.93. The van der Waals surface area contributed by atoms with Gasteiger partial charge in [-0.2, -0.15) is 0 Å². The SMILES string of the molecule is CCOC(=O)C(Oc1ccc(NC(=O)c2cccc(NC(=N)N)c2)cc1)c1ccccc1. The third-order valence-corrected chi connectivity index (χ3v) is 4.37. The van der Waals surface area contributed by atoms with Gasteiger partial charge >= 0.3 is 5.97 Å². The highest BCUT2D eigenvalue weighted by molar-refractivity contribution is 6.05. The van der Waals surface area contributed by atoms with Crippen molar-refractivity contribution in [2.24, 2.45) is 5.73 Å². The van der Waals surface area contributed by atoms with Gasteiger partial charge in [0, 0.05) is 22.5 Å². The van der Waals surface area contributed by atoms with Gasteiger partial charge in [0.05, 0.1) is 6.61 Å². The van der Waals surface area contributed by atoms with Crippen molar-refractivity contribution in [1.29, 1.82) is 5.41 Å². The number of esters is 1. The van der Waals surface area contributed by atoms with E-state index in [0.29, 0.717) is 28.3 Å². The second-order valence-electron chi connectivity index (χ2n) is 6.76. The fourth-order valence-corrected chi connectivity index (χ4v) is 2.95. The van der Waals surface area contributed by atoms with Crippen LogP contribution in [0.2, 0.25) is 0 Å². The molecule has 3 rings (SSSR count). The monoisotopic (exact) mass is 432 g/mol. The van der Waals surface area contributed by atoms with Crippen LogP contribution in [0, 0.1) is 5.41 Å². The second-order valence-corrected chi connectivity index (χ2v) is 6.76. The molecule has 3 aromatic rings. The lowest BCUT2D eigenvalue weighted by Crippen LogP contribution is -2.21. The minimum absolute atomic E-state index is 0.213. The average molecular weight is 432 g/mol. The molecule has 8 nitrogen and oxygen atoms in total. The lowest BCUT2D eigenvalue weighted by molar-refractivity contribution is -0.151. The van der Waals surface area contributed by atoms with Crippen LogP contribution in [0.25, 0.3) is 0 Å². The summed E-state index contributed by atoms with van der Waals surface area (Å²) in [6.45, 7) is 1.99. The standard InChI is InChI=1S/C24H24N4O4/c1-2-31-23(30)21(16-7-4-3-5-8-16)32-20-13-11-18(12-14-20)27-22(29)17-9-6-10-19(15-17)28-24(25)26/h3-15,21H,2H2,1H3,(H,27,29)(H4,25,26,28). The van der Waals surface area contributed by atoms with E-state index in [-0.39, 0.29) is 18.5 Å². The topological polar surface area (TPSA) is 127 Å². The first-order valence-electron chi connectivity index (χ1n) is 9.97. The Morgan fingerprint density at radius 2 is 1.66 bits per heavy atom. The third-order valence-electron chi connectivity index (χ3n) is 4.37. The second kappa shape index (κ2) is 10.6. The summed E-state index contributed by atoms with van der Waals surface area (Å²) < 4.78 is 11.0. The normalized spacial score (nSPS) is 11.2. The Morgan fingerprint density at radius 3 is 2.31 bits per heavy atom. The molecular formula is C24H24N4O4. The zero-order valence-corrected chi connectivity index (χ0v) is 17.5. The predicted molar refractivity (Wildman–Crippen MR) is 123 cm³/mol. The molecule has 32 heavy (non-hydrogen) atoms. The minimum atomic E-state index is -0.895. The van der Waals surface area contributed by atoms with Gasteiger partial charge in [-0.25, -0.2) is 4.79 Å². The summed E-state index contributed by atoms with van der Waals surface area (Å²) in [5.41, 5.74) is 7.51. The number of nitrogens with one attached hydrogen (secondary N) is 3. The number of amides is 1. The lowest BCUT2D eigenvalue weighted by Gasteiger charge is -2.18. The minimum Gasteiger partial charge on any atom is -0.474 e. The number of ether oxygens (including phenoxy) is 2. The quantitative estimate of drug-likeness (QED) is 0.243. The van der Waals surface area contributed by atoms with Crippen LogP contribution in [0.15, 0.2) is 78.9 Å². The summed E-state index contributed by atoms with van der Waals surface area (Å²) in [5, 5.41) is 12.7. The molecule has 164 valence electrons. The Labute approximate surface area is 185 Å². The van der Waals surface area contributed by atoms with Crippen LogP contribution in [0.1, 0.15) is 28.9 Å². The van der Waals surface area contributed by atoms with E-state index in [1.165, 1.54) is 0 Å². The van der Waals surface area contributed by atoms with E-state index in [4.69, 9.17) is 20.6 Å². The molecule has 5 N–H and O–H groups in total. The first-order chi connectivity index (χ1) is 15.5. The van der Waals surface area contributed by atoms with Crippen LogP contribution in [-0.2, 0) is 9.53 Å². The summed E-state index contributed by atoms with van der Waals surface area (Å²) in [4.78, 5) is 24.9.